The molecule has 1 aromatic carbocycles. The number of carbonyl (C=O) groups is 2. The summed E-state index contributed by atoms with van der Waals surface area (Å²) < 4.78 is 18.6. The van der Waals surface area contributed by atoms with Gasteiger partial charge in [0.25, 0.3) is 5.91 Å². The van der Waals surface area contributed by atoms with Crippen LogP contribution in [0.5, 0.6) is 0 Å². The van der Waals surface area contributed by atoms with Crippen LogP contribution in [-0.2, 0) is 16.1 Å². The fraction of sp³-hybridized carbons (Fsp3) is 0.391. The van der Waals surface area contributed by atoms with E-state index in [4.69, 9.17) is 27.9 Å². The summed E-state index contributed by atoms with van der Waals surface area (Å²) in [5.41, 5.74) is 2.10. The maximum atomic E-state index is 13.4. The van der Waals surface area contributed by atoms with E-state index in [1.807, 2.05) is 6.07 Å². The first kappa shape index (κ1) is 27.1. The van der Waals surface area contributed by atoms with Gasteiger partial charge in [0.1, 0.15) is 33.7 Å². The lowest BCUT2D eigenvalue weighted by Gasteiger charge is -2.22. The number of thiazole rings is 1. The van der Waals surface area contributed by atoms with Gasteiger partial charge in [-0.3, -0.25) is 4.79 Å². The lowest BCUT2D eigenvalue weighted by Crippen LogP contribution is -2.43. The fourth-order valence-corrected chi connectivity index (χ4v) is 4.07. The zero-order valence-electron chi connectivity index (χ0n) is 19.2. The number of nitrogens with one attached hydrogen (secondary N) is 2. The van der Waals surface area contributed by atoms with E-state index in [-0.39, 0.29) is 6.54 Å². The predicted molar refractivity (Wildman–Crippen MR) is 134 cm³/mol. The molecule has 0 bridgehead atoms. The Labute approximate surface area is 215 Å². The largest absolute Gasteiger partial charge is 0.444 e. The number of hydrogen-bond acceptors (Lipinski definition) is 7. The molecule has 3 rings (SSSR count). The topological polar surface area (TPSA) is 113 Å². The number of nitrogens with zero attached hydrogens (tertiary/aromatic N) is 2. The molecule has 2 aromatic heterocycles. The molecule has 2 amide bonds. The molecule has 2 heterocycles. The number of rotatable bonds is 8. The standard InChI is InChI=1S/C23H25Cl2FN4O4S/c1-23(2,3)34-22(33)28-11-17-29-15-8-14(10-27-21(15)35-17)12-4-6-13(7-5-12)18(31)16(9-26)30-20(32)19(24)25/h4-8,10,16,18-19,31H,9,11H2,1-3H3,(H,28,33)(H,30,32)/t16-,18-/m1/s1. The normalized spacial score (nSPS) is 13.5. The average Bonchev–Trinajstić information content (AvgIpc) is 3.21. The molecule has 8 nitrogen and oxygen atoms in total. The molecular formula is C23H25Cl2FN4O4S. The van der Waals surface area contributed by atoms with E-state index in [1.165, 1.54) is 11.3 Å². The van der Waals surface area contributed by atoms with E-state index in [2.05, 4.69) is 20.6 Å². The van der Waals surface area contributed by atoms with Gasteiger partial charge in [0.2, 0.25) is 0 Å². The number of alkyl halides is 3. The monoisotopic (exact) mass is 542 g/mol. The highest BCUT2D eigenvalue weighted by Crippen LogP contribution is 2.28. The lowest BCUT2D eigenvalue weighted by molar-refractivity contribution is -0.121. The number of amides is 2. The molecule has 3 N–H and O–H groups in total. The Hall–Kier alpha value is -2.53. The molecule has 0 saturated heterocycles. The van der Waals surface area contributed by atoms with Gasteiger partial charge in [0.05, 0.1) is 12.6 Å². The molecule has 0 radical (unpaired) electrons. The molecule has 0 aliphatic carbocycles. The summed E-state index contributed by atoms with van der Waals surface area (Å²) in [6.45, 7) is 4.59. The van der Waals surface area contributed by atoms with Gasteiger partial charge in [-0.1, -0.05) is 58.8 Å². The van der Waals surface area contributed by atoms with Crippen LogP contribution in [0.1, 0.15) is 37.4 Å². The van der Waals surface area contributed by atoms with Crippen molar-refractivity contribution in [1.29, 1.82) is 0 Å². The molecule has 2 atom stereocenters. The third kappa shape index (κ3) is 7.47. The van der Waals surface area contributed by atoms with Gasteiger partial charge in [0, 0.05) is 11.8 Å². The Morgan fingerprint density at radius 2 is 1.89 bits per heavy atom. The zero-order chi connectivity index (χ0) is 25.8. The smallest absolute Gasteiger partial charge is 0.408 e. The van der Waals surface area contributed by atoms with Crippen molar-refractivity contribution in [2.75, 3.05) is 6.67 Å². The summed E-state index contributed by atoms with van der Waals surface area (Å²) >= 11 is 12.3. The quantitative estimate of drug-likeness (QED) is 0.356. The van der Waals surface area contributed by atoms with Crippen LogP contribution < -0.4 is 10.6 Å². The molecule has 0 unspecified atom stereocenters. The second-order valence-electron chi connectivity index (χ2n) is 8.65. The van der Waals surface area contributed by atoms with Gasteiger partial charge >= 0.3 is 6.09 Å². The third-order valence-electron chi connectivity index (χ3n) is 4.73. The molecule has 12 heteroatoms. The number of alkyl carbamates (subject to hydrolysis) is 1. The first-order chi connectivity index (χ1) is 16.5. The van der Waals surface area contributed by atoms with Crippen molar-refractivity contribution in [3.05, 3.63) is 47.1 Å². The van der Waals surface area contributed by atoms with Crippen LogP contribution in [-0.4, -0.2) is 50.2 Å². The predicted octanol–water partition coefficient (Wildman–Crippen LogP) is 4.67. The SMILES string of the molecule is CC(C)(C)OC(=O)NCc1nc2cc(-c3ccc([C@@H](O)[C@@H](CF)NC(=O)C(Cl)Cl)cc3)cnc2s1. The highest BCUT2D eigenvalue weighted by molar-refractivity contribution is 7.18. The van der Waals surface area contributed by atoms with Gasteiger partial charge in [-0.15, -0.1) is 0 Å². The summed E-state index contributed by atoms with van der Waals surface area (Å²) in [5, 5.41) is 16.1. The van der Waals surface area contributed by atoms with Crippen LogP contribution in [0.25, 0.3) is 21.5 Å². The first-order valence-electron chi connectivity index (χ1n) is 10.6. The average molecular weight is 543 g/mol. The summed E-state index contributed by atoms with van der Waals surface area (Å²) in [5.74, 6) is -0.782. The summed E-state index contributed by atoms with van der Waals surface area (Å²) in [4.78, 5) is 31.8. The fourth-order valence-electron chi connectivity index (χ4n) is 3.12. The number of fused-ring (bicyclic) bond motifs is 1. The molecule has 35 heavy (non-hydrogen) atoms. The van der Waals surface area contributed by atoms with Crippen LogP contribution >= 0.6 is 34.5 Å². The third-order valence-corrected chi connectivity index (χ3v) is 6.11. The number of carbonyl (C=O) groups excluding carboxylic acids is 2. The van der Waals surface area contributed by atoms with E-state index < -0.39 is 41.3 Å². The van der Waals surface area contributed by atoms with Crippen molar-refractivity contribution in [2.24, 2.45) is 0 Å². The van der Waals surface area contributed by atoms with Crippen LogP contribution in [0.4, 0.5) is 9.18 Å². The van der Waals surface area contributed by atoms with Crippen LogP contribution in [0.15, 0.2) is 36.5 Å². The van der Waals surface area contributed by atoms with Crippen LogP contribution in [0.2, 0.25) is 0 Å². The van der Waals surface area contributed by atoms with E-state index in [0.29, 0.717) is 16.1 Å². The second-order valence-corrected chi connectivity index (χ2v) is 10.8. The highest BCUT2D eigenvalue weighted by atomic mass is 35.5. The van der Waals surface area contributed by atoms with Crippen molar-refractivity contribution >= 4 is 56.9 Å². The number of aliphatic hydroxyl groups excluding tert-OH is 1. The summed E-state index contributed by atoms with van der Waals surface area (Å²) in [6.07, 6.45) is -0.112. The number of aromatic nitrogens is 2. The zero-order valence-corrected chi connectivity index (χ0v) is 21.5. The number of halogens is 3. The number of ether oxygens (including phenoxy) is 1. The number of aliphatic hydroxyl groups is 1. The van der Waals surface area contributed by atoms with Crippen molar-refractivity contribution in [2.45, 2.75) is 49.9 Å². The molecule has 188 valence electrons. The Bertz CT molecular complexity index is 1180. The van der Waals surface area contributed by atoms with Crippen LogP contribution in [0, 0.1) is 0 Å². The Morgan fingerprint density at radius 3 is 2.49 bits per heavy atom. The van der Waals surface area contributed by atoms with Crippen molar-refractivity contribution in [3.63, 3.8) is 0 Å². The molecule has 0 saturated carbocycles. The number of hydrogen-bond donors (Lipinski definition) is 3. The van der Waals surface area contributed by atoms with Gasteiger partial charge in [-0.25, -0.2) is 19.2 Å². The highest BCUT2D eigenvalue weighted by Gasteiger charge is 2.25. The van der Waals surface area contributed by atoms with E-state index in [0.717, 1.165) is 16.0 Å². The second kappa shape index (κ2) is 11.5. The van der Waals surface area contributed by atoms with Crippen molar-refractivity contribution < 1.29 is 23.8 Å². The van der Waals surface area contributed by atoms with Crippen LogP contribution in [0.3, 0.4) is 0 Å². The number of benzene rings is 1. The van der Waals surface area contributed by atoms with Gasteiger partial charge < -0.3 is 20.5 Å². The molecule has 0 aliphatic heterocycles. The van der Waals surface area contributed by atoms with E-state index >= 15 is 0 Å². The molecule has 0 aliphatic rings. The number of pyridine rings is 1. The minimum Gasteiger partial charge on any atom is -0.444 e. The minimum absolute atomic E-state index is 0.221. The van der Waals surface area contributed by atoms with Crippen molar-refractivity contribution in [1.82, 2.24) is 20.6 Å². The van der Waals surface area contributed by atoms with E-state index in [9.17, 15) is 19.1 Å². The van der Waals surface area contributed by atoms with Gasteiger partial charge in [0.15, 0.2) is 4.84 Å². The molecular weight excluding hydrogens is 518 g/mol. The Kier molecular flexibility index (Phi) is 8.87. The van der Waals surface area contributed by atoms with Gasteiger partial charge in [-0.05, 0) is 38.0 Å². The Balaban J connectivity index is 1.70. The lowest BCUT2D eigenvalue weighted by atomic mass is 9.99. The molecule has 0 spiro atoms. The van der Waals surface area contributed by atoms with Crippen molar-refractivity contribution in [3.8, 4) is 11.1 Å². The summed E-state index contributed by atoms with van der Waals surface area (Å²) in [7, 11) is 0. The Morgan fingerprint density at radius 1 is 1.20 bits per heavy atom. The summed E-state index contributed by atoms with van der Waals surface area (Å²) in [6, 6.07) is 7.45. The molecule has 3 aromatic rings. The maximum Gasteiger partial charge on any atom is 0.408 e. The molecule has 0 fully saturated rings. The van der Waals surface area contributed by atoms with E-state index in [1.54, 1.807) is 51.2 Å². The minimum atomic E-state index is -1.36. The maximum absolute atomic E-state index is 13.4. The van der Waals surface area contributed by atoms with Gasteiger partial charge in [-0.2, -0.15) is 0 Å². The first-order valence-corrected chi connectivity index (χ1v) is 12.3.